The van der Waals surface area contributed by atoms with Gasteiger partial charge in [-0.05, 0) is 45.1 Å². The zero-order chi connectivity index (χ0) is 20.5. The minimum Gasteiger partial charge on any atom is -0.376 e. The molecule has 0 bridgehead atoms. The lowest BCUT2D eigenvalue weighted by atomic mass is 10.1. The lowest BCUT2D eigenvalue weighted by Gasteiger charge is -2.35. The lowest BCUT2D eigenvalue weighted by Crippen LogP contribution is -2.47. The van der Waals surface area contributed by atoms with Gasteiger partial charge in [-0.15, -0.1) is 0 Å². The molecule has 1 atom stereocenters. The van der Waals surface area contributed by atoms with Crippen LogP contribution in [0.2, 0.25) is 0 Å². The van der Waals surface area contributed by atoms with Crippen molar-refractivity contribution in [3.63, 3.8) is 0 Å². The van der Waals surface area contributed by atoms with Crippen molar-refractivity contribution < 1.29 is 9.47 Å². The Morgan fingerprint density at radius 1 is 1.31 bits per heavy atom. The van der Waals surface area contributed by atoms with E-state index in [0.29, 0.717) is 18.8 Å². The van der Waals surface area contributed by atoms with Crippen molar-refractivity contribution >= 4 is 11.8 Å². The fourth-order valence-electron chi connectivity index (χ4n) is 3.96. The Balaban J connectivity index is 1.51. The van der Waals surface area contributed by atoms with Crippen molar-refractivity contribution in [2.45, 2.75) is 57.8 Å². The van der Waals surface area contributed by atoms with Gasteiger partial charge in [-0.3, -0.25) is 0 Å². The van der Waals surface area contributed by atoms with Gasteiger partial charge < -0.3 is 24.6 Å². The van der Waals surface area contributed by atoms with Crippen molar-refractivity contribution in [1.29, 1.82) is 0 Å². The summed E-state index contributed by atoms with van der Waals surface area (Å²) in [6.45, 7) is 7.17. The summed E-state index contributed by atoms with van der Waals surface area (Å²) in [6.07, 6.45) is 8.12. The van der Waals surface area contributed by atoms with E-state index in [1.165, 1.54) is 12.8 Å². The second kappa shape index (κ2) is 11.4. The third-order valence-electron chi connectivity index (χ3n) is 5.56. The summed E-state index contributed by atoms with van der Waals surface area (Å²) in [7, 11) is 4.04. The van der Waals surface area contributed by atoms with Crippen LogP contribution in [0, 0.1) is 0 Å². The van der Waals surface area contributed by atoms with Gasteiger partial charge in [0.25, 0.3) is 0 Å². The average Bonchev–Trinajstić information content (AvgIpc) is 2.76. The first kappa shape index (κ1) is 21.8. The largest absolute Gasteiger partial charge is 0.376 e. The number of aliphatic imine (C=N–C) groups is 1. The molecule has 1 unspecified atom stereocenters. The van der Waals surface area contributed by atoms with Crippen LogP contribution >= 0.6 is 0 Å². The fourth-order valence-corrected chi connectivity index (χ4v) is 3.96. The Kier molecular flexibility index (Phi) is 8.55. The highest BCUT2D eigenvalue weighted by molar-refractivity contribution is 5.80. The van der Waals surface area contributed by atoms with E-state index >= 15 is 0 Å². The molecule has 0 amide bonds. The van der Waals surface area contributed by atoms with Crippen molar-refractivity contribution in [2.75, 3.05) is 51.8 Å². The molecule has 1 aromatic heterocycles. The zero-order valence-electron chi connectivity index (χ0n) is 18.3. The first-order valence-electron chi connectivity index (χ1n) is 11.0. The van der Waals surface area contributed by atoms with E-state index in [1.54, 1.807) is 0 Å². The zero-order valence-corrected chi connectivity index (χ0v) is 18.3. The molecule has 0 aromatic carbocycles. The smallest absolute Gasteiger partial charge is 0.194 e. The molecule has 2 aliphatic heterocycles. The Bertz CT molecular complexity index is 638. The van der Waals surface area contributed by atoms with E-state index in [1.807, 2.05) is 31.3 Å². The Morgan fingerprint density at radius 2 is 2.14 bits per heavy atom. The fraction of sp³-hybridized carbons (Fsp3) is 0.727. The summed E-state index contributed by atoms with van der Waals surface area (Å²) in [5.41, 5.74) is 1.14. The molecule has 3 rings (SSSR count). The third kappa shape index (κ3) is 6.57. The number of nitrogens with zero attached hydrogens (tertiary/aromatic N) is 4. The monoisotopic (exact) mass is 403 g/mol. The second-order valence-corrected chi connectivity index (χ2v) is 8.06. The van der Waals surface area contributed by atoms with Crippen LogP contribution in [0.15, 0.2) is 23.3 Å². The molecule has 0 spiro atoms. The van der Waals surface area contributed by atoms with E-state index < -0.39 is 0 Å². The average molecular weight is 404 g/mol. The molecular formula is C22H37N5O2. The van der Waals surface area contributed by atoms with Crippen LogP contribution in [0.4, 0.5) is 5.82 Å². The number of ether oxygens (including phenoxy) is 2. The topological polar surface area (TPSA) is 62.2 Å². The maximum Gasteiger partial charge on any atom is 0.194 e. The highest BCUT2D eigenvalue weighted by Crippen LogP contribution is 2.19. The van der Waals surface area contributed by atoms with Crippen molar-refractivity contribution in [2.24, 2.45) is 4.99 Å². The summed E-state index contributed by atoms with van der Waals surface area (Å²) in [4.78, 5) is 13.8. The summed E-state index contributed by atoms with van der Waals surface area (Å²) in [5, 5.41) is 3.45. The van der Waals surface area contributed by atoms with Crippen LogP contribution in [-0.4, -0.2) is 75.0 Å². The first-order valence-corrected chi connectivity index (χ1v) is 11.0. The van der Waals surface area contributed by atoms with Gasteiger partial charge in [0.2, 0.25) is 0 Å². The molecule has 2 saturated heterocycles. The highest BCUT2D eigenvalue weighted by atomic mass is 16.5. The van der Waals surface area contributed by atoms with Gasteiger partial charge in [0.15, 0.2) is 5.96 Å². The lowest BCUT2D eigenvalue weighted by molar-refractivity contribution is -0.0721. The minimum atomic E-state index is 0.297. The molecule has 0 aliphatic carbocycles. The number of guanidine groups is 1. The summed E-state index contributed by atoms with van der Waals surface area (Å²) < 4.78 is 11.9. The summed E-state index contributed by atoms with van der Waals surface area (Å²) in [6, 6.07) is 4.08. The number of pyridine rings is 1. The molecule has 7 nitrogen and oxygen atoms in total. The molecule has 0 saturated carbocycles. The maximum absolute atomic E-state index is 6.16. The van der Waals surface area contributed by atoms with E-state index in [0.717, 1.165) is 69.5 Å². The van der Waals surface area contributed by atoms with Crippen LogP contribution < -0.4 is 10.2 Å². The van der Waals surface area contributed by atoms with Gasteiger partial charge in [-0.1, -0.05) is 6.07 Å². The normalized spacial score (nSPS) is 21.3. The van der Waals surface area contributed by atoms with E-state index in [-0.39, 0.29) is 0 Å². The van der Waals surface area contributed by atoms with Crippen molar-refractivity contribution in [3.8, 4) is 0 Å². The second-order valence-electron chi connectivity index (χ2n) is 8.06. The first-order chi connectivity index (χ1) is 14.2. The van der Waals surface area contributed by atoms with E-state index in [9.17, 15) is 0 Å². The molecular weight excluding hydrogens is 366 g/mol. The van der Waals surface area contributed by atoms with Gasteiger partial charge in [0, 0.05) is 52.1 Å². The van der Waals surface area contributed by atoms with Crippen LogP contribution in [-0.2, 0) is 16.0 Å². The molecule has 3 heterocycles. The van der Waals surface area contributed by atoms with Gasteiger partial charge in [0.1, 0.15) is 5.82 Å². The minimum absolute atomic E-state index is 0.297. The number of rotatable bonds is 7. The van der Waals surface area contributed by atoms with Gasteiger partial charge in [0.05, 0.1) is 25.4 Å². The van der Waals surface area contributed by atoms with Crippen LogP contribution in [0.1, 0.15) is 44.6 Å². The van der Waals surface area contributed by atoms with Gasteiger partial charge in [-0.25, -0.2) is 9.98 Å². The third-order valence-corrected chi connectivity index (χ3v) is 5.56. The number of nitrogens with one attached hydrogen (secondary N) is 1. The predicted octanol–water partition coefficient (Wildman–Crippen LogP) is 2.66. The summed E-state index contributed by atoms with van der Waals surface area (Å²) >= 11 is 0. The SMILES string of the molecule is CCNC(=NCc1cccnc1N(C)C)N1CCC(OCC2CCCCO2)CC1. The number of anilines is 1. The quantitative estimate of drug-likeness (QED) is 0.558. The van der Waals surface area contributed by atoms with Crippen molar-refractivity contribution in [1.82, 2.24) is 15.2 Å². The number of piperidine rings is 1. The molecule has 1 aromatic rings. The molecule has 2 aliphatic rings. The van der Waals surface area contributed by atoms with Gasteiger partial charge >= 0.3 is 0 Å². The van der Waals surface area contributed by atoms with E-state index in [4.69, 9.17) is 14.5 Å². The molecule has 1 N–H and O–H groups in total. The van der Waals surface area contributed by atoms with E-state index in [2.05, 4.69) is 28.2 Å². The Morgan fingerprint density at radius 3 is 2.83 bits per heavy atom. The van der Waals surface area contributed by atoms with Crippen LogP contribution in [0.25, 0.3) is 0 Å². The predicted molar refractivity (Wildman–Crippen MR) is 118 cm³/mol. The highest BCUT2D eigenvalue weighted by Gasteiger charge is 2.23. The number of hydrogen-bond acceptors (Lipinski definition) is 5. The number of aromatic nitrogens is 1. The molecule has 162 valence electrons. The summed E-state index contributed by atoms with van der Waals surface area (Å²) in [5.74, 6) is 1.96. The number of hydrogen-bond donors (Lipinski definition) is 1. The van der Waals surface area contributed by atoms with Crippen LogP contribution in [0.3, 0.4) is 0 Å². The maximum atomic E-state index is 6.16. The number of likely N-dealkylation sites (tertiary alicyclic amines) is 1. The Hall–Kier alpha value is -1.86. The molecule has 0 radical (unpaired) electrons. The van der Waals surface area contributed by atoms with Gasteiger partial charge in [-0.2, -0.15) is 0 Å². The molecule has 2 fully saturated rings. The standard InChI is InChI=1S/C22H37N5O2/c1-4-23-22(25-16-18-8-7-12-24-21(18)26(2)3)27-13-10-19(11-14-27)29-17-20-9-5-6-15-28-20/h7-8,12,19-20H,4-6,9-11,13-17H2,1-3H3,(H,23,25). The molecule has 7 heteroatoms. The van der Waals surface area contributed by atoms with Crippen molar-refractivity contribution in [3.05, 3.63) is 23.9 Å². The Labute approximate surface area is 175 Å². The molecule has 29 heavy (non-hydrogen) atoms. The van der Waals surface area contributed by atoms with Crippen LogP contribution in [0.5, 0.6) is 0 Å².